The topological polar surface area (TPSA) is 58.6 Å². The maximum Gasteiger partial charge on any atom is 0.258 e. The van der Waals surface area contributed by atoms with E-state index in [-0.39, 0.29) is 31.1 Å². The van der Waals surface area contributed by atoms with Crippen LogP contribution in [0.25, 0.3) is 0 Å². The third-order valence-electron chi connectivity index (χ3n) is 3.24. The molecule has 0 aliphatic carbocycles. The standard InChI is InChI=1S/C16H25NO3/c1-11(2)13-6-5-7-14(8-13)20-10-16(19)17-15(9-18)12(3)4/h5-8,11-12,15,18H,9-10H2,1-4H3,(H,17,19). The summed E-state index contributed by atoms with van der Waals surface area (Å²) in [6.07, 6.45) is 0. The Kier molecular flexibility index (Phi) is 6.52. The van der Waals surface area contributed by atoms with Crippen LogP contribution in [0.3, 0.4) is 0 Å². The van der Waals surface area contributed by atoms with Gasteiger partial charge in [0.15, 0.2) is 6.61 Å². The number of carbonyl (C=O) groups excluding carboxylic acids is 1. The zero-order chi connectivity index (χ0) is 15.1. The maximum absolute atomic E-state index is 11.8. The van der Waals surface area contributed by atoms with E-state index in [2.05, 4.69) is 19.2 Å². The zero-order valence-electron chi connectivity index (χ0n) is 12.7. The molecular weight excluding hydrogens is 254 g/mol. The fourth-order valence-corrected chi connectivity index (χ4v) is 1.78. The normalized spacial score (nSPS) is 12.6. The fraction of sp³-hybridized carbons (Fsp3) is 0.562. The number of carbonyl (C=O) groups is 1. The number of hydrogen-bond acceptors (Lipinski definition) is 3. The number of hydrogen-bond donors (Lipinski definition) is 2. The van der Waals surface area contributed by atoms with E-state index in [4.69, 9.17) is 4.74 Å². The molecule has 0 saturated heterocycles. The molecule has 0 aliphatic rings. The van der Waals surface area contributed by atoms with E-state index < -0.39 is 0 Å². The molecule has 4 heteroatoms. The molecule has 1 amide bonds. The van der Waals surface area contributed by atoms with E-state index in [1.165, 1.54) is 5.56 Å². The van der Waals surface area contributed by atoms with Gasteiger partial charge < -0.3 is 15.2 Å². The first kappa shape index (κ1) is 16.5. The Bertz CT molecular complexity index is 429. The first-order chi connectivity index (χ1) is 9.43. The molecule has 4 nitrogen and oxygen atoms in total. The van der Waals surface area contributed by atoms with Gasteiger partial charge in [0.05, 0.1) is 12.6 Å². The Labute approximate surface area is 121 Å². The Balaban J connectivity index is 2.50. The summed E-state index contributed by atoms with van der Waals surface area (Å²) >= 11 is 0. The molecule has 1 unspecified atom stereocenters. The molecule has 0 heterocycles. The first-order valence-corrected chi connectivity index (χ1v) is 7.07. The van der Waals surface area contributed by atoms with Crippen LogP contribution in [-0.4, -0.2) is 30.3 Å². The average Bonchev–Trinajstić information content (AvgIpc) is 2.42. The highest BCUT2D eigenvalue weighted by Crippen LogP contribution is 2.19. The third-order valence-corrected chi connectivity index (χ3v) is 3.24. The second kappa shape index (κ2) is 7.90. The SMILES string of the molecule is CC(C)c1cccc(OCC(=O)NC(CO)C(C)C)c1. The van der Waals surface area contributed by atoms with Crippen LogP contribution < -0.4 is 10.1 Å². The van der Waals surface area contributed by atoms with E-state index in [9.17, 15) is 9.90 Å². The van der Waals surface area contributed by atoms with Crippen LogP contribution in [-0.2, 0) is 4.79 Å². The van der Waals surface area contributed by atoms with Gasteiger partial charge in [0, 0.05) is 0 Å². The van der Waals surface area contributed by atoms with E-state index in [1.54, 1.807) is 0 Å². The summed E-state index contributed by atoms with van der Waals surface area (Å²) in [5.74, 6) is 1.09. The Morgan fingerprint density at radius 2 is 2.00 bits per heavy atom. The summed E-state index contributed by atoms with van der Waals surface area (Å²) in [5, 5.41) is 11.9. The van der Waals surface area contributed by atoms with Crippen LogP contribution in [0.2, 0.25) is 0 Å². The van der Waals surface area contributed by atoms with Crippen LogP contribution >= 0.6 is 0 Å². The van der Waals surface area contributed by atoms with Crippen LogP contribution in [0.5, 0.6) is 5.75 Å². The number of rotatable bonds is 7. The van der Waals surface area contributed by atoms with Crippen molar-refractivity contribution in [1.29, 1.82) is 0 Å². The molecule has 1 aromatic rings. The van der Waals surface area contributed by atoms with Crippen molar-refractivity contribution in [1.82, 2.24) is 5.32 Å². The lowest BCUT2D eigenvalue weighted by atomic mass is 10.0. The van der Waals surface area contributed by atoms with Crippen LogP contribution in [0.4, 0.5) is 0 Å². The molecule has 1 rings (SSSR count). The van der Waals surface area contributed by atoms with Crippen molar-refractivity contribution < 1.29 is 14.6 Å². The molecule has 1 atom stereocenters. The number of amides is 1. The molecular formula is C16H25NO3. The second-order valence-corrected chi connectivity index (χ2v) is 5.62. The smallest absolute Gasteiger partial charge is 0.258 e. The largest absolute Gasteiger partial charge is 0.484 e. The van der Waals surface area contributed by atoms with Gasteiger partial charge in [-0.25, -0.2) is 0 Å². The minimum absolute atomic E-state index is 0.0369. The summed E-state index contributed by atoms with van der Waals surface area (Å²) in [7, 11) is 0. The summed E-state index contributed by atoms with van der Waals surface area (Å²) in [4.78, 5) is 11.8. The van der Waals surface area contributed by atoms with Gasteiger partial charge in [-0.2, -0.15) is 0 Å². The molecule has 0 aliphatic heterocycles. The van der Waals surface area contributed by atoms with Crippen LogP contribution in [0.15, 0.2) is 24.3 Å². The molecule has 1 aromatic carbocycles. The van der Waals surface area contributed by atoms with Crippen molar-refractivity contribution in [2.45, 2.75) is 39.7 Å². The number of ether oxygens (including phenoxy) is 1. The average molecular weight is 279 g/mol. The number of nitrogens with one attached hydrogen (secondary N) is 1. The van der Waals surface area contributed by atoms with Gasteiger partial charge in [-0.1, -0.05) is 39.8 Å². The Morgan fingerprint density at radius 3 is 2.55 bits per heavy atom. The van der Waals surface area contributed by atoms with Crippen molar-refractivity contribution in [2.24, 2.45) is 5.92 Å². The van der Waals surface area contributed by atoms with Crippen molar-refractivity contribution in [2.75, 3.05) is 13.2 Å². The Hall–Kier alpha value is -1.55. The van der Waals surface area contributed by atoms with Gasteiger partial charge in [-0.05, 0) is 29.5 Å². The third kappa shape index (κ3) is 5.21. The molecule has 0 radical (unpaired) electrons. The van der Waals surface area contributed by atoms with Gasteiger partial charge in [0.1, 0.15) is 5.75 Å². The number of benzene rings is 1. The first-order valence-electron chi connectivity index (χ1n) is 7.07. The van der Waals surface area contributed by atoms with E-state index >= 15 is 0 Å². The van der Waals surface area contributed by atoms with Crippen molar-refractivity contribution >= 4 is 5.91 Å². The molecule has 0 aromatic heterocycles. The fourth-order valence-electron chi connectivity index (χ4n) is 1.78. The van der Waals surface area contributed by atoms with Gasteiger partial charge in [-0.3, -0.25) is 4.79 Å². The predicted octanol–water partition coefficient (Wildman–Crippen LogP) is 2.32. The minimum Gasteiger partial charge on any atom is -0.484 e. The summed E-state index contributed by atoms with van der Waals surface area (Å²) in [6, 6.07) is 7.52. The molecule has 0 fully saturated rings. The van der Waals surface area contributed by atoms with Gasteiger partial charge in [0.25, 0.3) is 5.91 Å². The van der Waals surface area contributed by atoms with Crippen LogP contribution in [0, 0.1) is 5.92 Å². The molecule has 20 heavy (non-hydrogen) atoms. The highest BCUT2D eigenvalue weighted by atomic mass is 16.5. The van der Waals surface area contributed by atoms with Crippen LogP contribution in [0.1, 0.15) is 39.2 Å². The monoisotopic (exact) mass is 279 g/mol. The highest BCUT2D eigenvalue weighted by molar-refractivity contribution is 5.77. The minimum atomic E-state index is -0.229. The summed E-state index contributed by atoms with van der Waals surface area (Å²) in [5.41, 5.74) is 1.18. The summed E-state index contributed by atoms with van der Waals surface area (Å²) in [6.45, 7) is 8.03. The predicted molar refractivity (Wildman–Crippen MR) is 79.9 cm³/mol. The second-order valence-electron chi connectivity index (χ2n) is 5.62. The number of aliphatic hydroxyl groups is 1. The lowest BCUT2D eigenvalue weighted by Gasteiger charge is -2.20. The Morgan fingerprint density at radius 1 is 1.30 bits per heavy atom. The maximum atomic E-state index is 11.8. The lowest BCUT2D eigenvalue weighted by Crippen LogP contribution is -2.43. The van der Waals surface area contributed by atoms with E-state index in [1.807, 2.05) is 38.1 Å². The molecule has 112 valence electrons. The van der Waals surface area contributed by atoms with Gasteiger partial charge in [-0.15, -0.1) is 0 Å². The van der Waals surface area contributed by atoms with Gasteiger partial charge in [0.2, 0.25) is 0 Å². The van der Waals surface area contributed by atoms with E-state index in [0.29, 0.717) is 11.7 Å². The van der Waals surface area contributed by atoms with E-state index in [0.717, 1.165) is 0 Å². The molecule has 0 bridgehead atoms. The zero-order valence-corrected chi connectivity index (χ0v) is 12.7. The van der Waals surface area contributed by atoms with Gasteiger partial charge >= 0.3 is 0 Å². The summed E-state index contributed by atoms with van der Waals surface area (Å²) < 4.78 is 5.49. The molecule has 2 N–H and O–H groups in total. The van der Waals surface area contributed by atoms with Crippen molar-refractivity contribution in [3.8, 4) is 5.75 Å². The molecule has 0 spiro atoms. The molecule has 0 saturated carbocycles. The lowest BCUT2D eigenvalue weighted by molar-refractivity contribution is -0.124. The number of aliphatic hydroxyl groups excluding tert-OH is 1. The highest BCUT2D eigenvalue weighted by Gasteiger charge is 2.15. The quantitative estimate of drug-likeness (QED) is 0.805. The van der Waals surface area contributed by atoms with Crippen molar-refractivity contribution in [3.63, 3.8) is 0 Å². The van der Waals surface area contributed by atoms with Crippen molar-refractivity contribution in [3.05, 3.63) is 29.8 Å².